The summed E-state index contributed by atoms with van der Waals surface area (Å²) in [6, 6.07) is 26.1. The molecule has 6 heteroatoms. The van der Waals surface area contributed by atoms with Crippen molar-refractivity contribution in [1.29, 1.82) is 0 Å². The van der Waals surface area contributed by atoms with Crippen LogP contribution in [-0.2, 0) is 21.5 Å². The zero-order valence-corrected chi connectivity index (χ0v) is 23.4. The van der Waals surface area contributed by atoms with Crippen LogP contribution in [0.4, 0.5) is 4.39 Å². The van der Waals surface area contributed by atoms with Gasteiger partial charge in [0, 0.05) is 38.5 Å². The van der Waals surface area contributed by atoms with Crippen LogP contribution in [0.1, 0.15) is 56.1 Å². The highest BCUT2D eigenvalue weighted by molar-refractivity contribution is 5.89. The molecule has 3 aromatic rings. The Bertz CT molecular complexity index is 1280. The van der Waals surface area contributed by atoms with E-state index in [-0.39, 0.29) is 17.6 Å². The average molecular weight is 543 g/mol. The first kappa shape index (κ1) is 27.9. The highest BCUT2D eigenvalue weighted by atomic mass is 19.1. The van der Waals surface area contributed by atoms with Crippen LogP contribution < -0.4 is 4.74 Å². The molecule has 1 aliphatic carbocycles. The predicted molar refractivity (Wildman–Crippen MR) is 154 cm³/mol. The Morgan fingerprint density at radius 1 is 0.875 bits per heavy atom. The smallest absolute Gasteiger partial charge is 0.233 e. The van der Waals surface area contributed by atoms with E-state index in [2.05, 4.69) is 0 Å². The van der Waals surface area contributed by atoms with Crippen molar-refractivity contribution in [2.75, 3.05) is 26.7 Å². The number of amides is 2. The summed E-state index contributed by atoms with van der Waals surface area (Å²) in [6.07, 6.45) is 5.39. The quantitative estimate of drug-likeness (QED) is 0.316. The number of nitrogens with zero attached hydrogens (tertiary/aromatic N) is 2. The zero-order valence-electron chi connectivity index (χ0n) is 23.4. The molecule has 0 spiro atoms. The van der Waals surface area contributed by atoms with E-state index in [4.69, 9.17) is 4.74 Å². The molecule has 1 saturated carbocycles. The highest BCUT2D eigenvalue weighted by Crippen LogP contribution is 2.45. The molecule has 1 saturated heterocycles. The van der Waals surface area contributed by atoms with E-state index >= 15 is 0 Å². The number of likely N-dealkylation sites (tertiary alicyclic amines) is 1. The SMILES string of the molecule is CN(Cc1ccccc1)C(=O)CC1(COc2ccccc2)CCCN(C(=O)C2(c3ccc(F)cc3)CCCC2)C1. The molecule has 2 amide bonds. The van der Waals surface area contributed by atoms with Crippen LogP contribution in [0.2, 0.25) is 0 Å². The third-order valence-corrected chi connectivity index (χ3v) is 8.71. The molecule has 2 fully saturated rings. The van der Waals surface area contributed by atoms with E-state index in [1.54, 1.807) is 17.0 Å². The molecule has 210 valence electrons. The minimum Gasteiger partial charge on any atom is -0.493 e. The van der Waals surface area contributed by atoms with E-state index in [9.17, 15) is 14.0 Å². The fourth-order valence-corrected chi connectivity index (χ4v) is 6.52. The van der Waals surface area contributed by atoms with Gasteiger partial charge in [0.2, 0.25) is 11.8 Å². The second-order valence-corrected chi connectivity index (χ2v) is 11.6. The van der Waals surface area contributed by atoms with Gasteiger partial charge in [-0.2, -0.15) is 0 Å². The zero-order chi connectivity index (χ0) is 28.0. The number of carbonyl (C=O) groups excluding carboxylic acids is 2. The summed E-state index contributed by atoms with van der Waals surface area (Å²) in [4.78, 5) is 31.7. The maximum absolute atomic E-state index is 14.3. The molecule has 1 aliphatic heterocycles. The lowest BCUT2D eigenvalue weighted by Crippen LogP contribution is -2.55. The molecular weight excluding hydrogens is 503 g/mol. The first-order valence-corrected chi connectivity index (χ1v) is 14.4. The summed E-state index contributed by atoms with van der Waals surface area (Å²) >= 11 is 0. The summed E-state index contributed by atoms with van der Waals surface area (Å²) in [7, 11) is 1.84. The van der Waals surface area contributed by atoms with Crippen molar-refractivity contribution in [2.24, 2.45) is 5.41 Å². The Morgan fingerprint density at radius 3 is 2.20 bits per heavy atom. The van der Waals surface area contributed by atoms with Crippen molar-refractivity contribution in [3.8, 4) is 5.75 Å². The number of benzene rings is 3. The second kappa shape index (κ2) is 12.2. The molecule has 0 N–H and O–H groups in total. The number of hydrogen-bond acceptors (Lipinski definition) is 3. The van der Waals surface area contributed by atoms with Gasteiger partial charge in [0.25, 0.3) is 0 Å². The van der Waals surface area contributed by atoms with Crippen LogP contribution in [0.5, 0.6) is 5.75 Å². The molecule has 2 aliphatic rings. The summed E-state index contributed by atoms with van der Waals surface area (Å²) in [5.74, 6) is 0.612. The molecule has 5 rings (SSSR count). The van der Waals surface area contributed by atoms with Crippen molar-refractivity contribution in [1.82, 2.24) is 9.80 Å². The third-order valence-electron chi connectivity index (χ3n) is 8.71. The lowest BCUT2D eigenvalue weighted by atomic mass is 9.74. The van der Waals surface area contributed by atoms with Crippen LogP contribution in [0, 0.1) is 11.2 Å². The number of halogens is 1. The number of hydrogen-bond donors (Lipinski definition) is 0. The lowest BCUT2D eigenvalue weighted by Gasteiger charge is -2.45. The van der Waals surface area contributed by atoms with Gasteiger partial charge in [0.1, 0.15) is 11.6 Å². The fraction of sp³-hybridized carbons (Fsp3) is 0.412. The molecule has 1 atom stereocenters. The van der Waals surface area contributed by atoms with Crippen molar-refractivity contribution in [2.45, 2.75) is 56.9 Å². The number of carbonyl (C=O) groups is 2. The molecule has 0 radical (unpaired) electrons. The van der Waals surface area contributed by atoms with Gasteiger partial charge in [0.05, 0.1) is 12.0 Å². The first-order valence-electron chi connectivity index (χ1n) is 14.4. The molecule has 1 heterocycles. The van der Waals surface area contributed by atoms with E-state index in [1.807, 2.05) is 72.6 Å². The van der Waals surface area contributed by atoms with Gasteiger partial charge in [-0.25, -0.2) is 4.39 Å². The minimum atomic E-state index is -0.634. The van der Waals surface area contributed by atoms with Crippen LogP contribution in [0.15, 0.2) is 84.9 Å². The van der Waals surface area contributed by atoms with Crippen molar-refractivity contribution < 1.29 is 18.7 Å². The van der Waals surface area contributed by atoms with Crippen LogP contribution in [0.3, 0.4) is 0 Å². The first-order chi connectivity index (χ1) is 19.4. The van der Waals surface area contributed by atoms with Gasteiger partial charge in [-0.1, -0.05) is 73.5 Å². The van der Waals surface area contributed by atoms with Crippen molar-refractivity contribution in [3.05, 3.63) is 102 Å². The van der Waals surface area contributed by atoms with Gasteiger partial charge < -0.3 is 14.5 Å². The summed E-state index contributed by atoms with van der Waals surface area (Å²) < 4.78 is 20.0. The largest absolute Gasteiger partial charge is 0.493 e. The summed E-state index contributed by atoms with van der Waals surface area (Å²) in [6.45, 7) is 2.01. The standard InChI is InChI=1S/C34H39FN2O3/c1-36(24-27-11-4-2-5-12-27)31(38)23-33(26-40-30-13-6-3-7-14-30)19-10-22-37(25-33)32(39)34(20-8-9-21-34)28-15-17-29(35)18-16-28/h2-7,11-18H,8-10,19-26H2,1H3. The monoisotopic (exact) mass is 542 g/mol. The molecule has 3 aromatic carbocycles. The Hall–Kier alpha value is -3.67. The topological polar surface area (TPSA) is 49.9 Å². The van der Waals surface area contributed by atoms with Gasteiger partial charge in [-0.3, -0.25) is 9.59 Å². The van der Waals surface area contributed by atoms with Gasteiger partial charge in [0.15, 0.2) is 0 Å². The van der Waals surface area contributed by atoms with E-state index in [1.165, 1.54) is 12.1 Å². The fourth-order valence-electron chi connectivity index (χ4n) is 6.52. The van der Waals surface area contributed by atoms with Gasteiger partial charge >= 0.3 is 0 Å². The Morgan fingerprint density at radius 2 is 1.52 bits per heavy atom. The third kappa shape index (κ3) is 6.22. The average Bonchev–Trinajstić information content (AvgIpc) is 3.48. The molecule has 0 bridgehead atoms. The molecule has 5 nitrogen and oxygen atoms in total. The van der Waals surface area contributed by atoms with Gasteiger partial charge in [-0.05, 0) is 61.1 Å². The minimum absolute atomic E-state index is 0.0453. The Balaban J connectivity index is 1.38. The predicted octanol–water partition coefficient (Wildman–Crippen LogP) is 6.37. The second-order valence-electron chi connectivity index (χ2n) is 11.6. The summed E-state index contributed by atoms with van der Waals surface area (Å²) in [5.41, 5.74) is 0.835. The Labute approximate surface area is 236 Å². The number of rotatable bonds is 9. The van der Waals surface area contributed by atoms with E-state index in [0.29, 0.717) is 32.7 Å². The lowest BCUT2D eigenvalue weighted by molar-refractivity contribution is -0.145. The number of piperidine rings is 1. The normalized spacial score (nSPS) is 20.2. The van der Waals surface area contributed by atoms with Crippen LogP contribution >= 0.6 is 0 Å². The maximum atomic E-state index is 14.3. The molecule has 40 heavy (non-hydrogen) atoms. The number of ether oxygens (including phenoxy) is 1. The van der Waals surface area contributed by atoms with Crippen molar-refractivity contribution in [3.63, 3.8) is 0 Å². The molecule has 1 unspecified atom stereocenters. The molecule has 0 aromatic heterocycles. The highest BCUT2D eigenvalue weighted by Gasteiger charge is 2.48. The maximum Gasteiger partial charge on any atom is 0.233 e. The van der Waals surface area contributed by atoms with Crippen LogP contribution in [-0.4, -0.2) is 48.4 Å². The number of para-hydroxylation sites is 1. The van der Waals surface area contributed by atoms with Gasteiger partial charge in [-0.15, -0.1) is 0 Å². The molecular formula is C34H39FN2O3. The Kier molecular flexibility index (Phi) is 8.53. The van der Waals surface area contributed by atoms with E-state index < -0.39 is 10.8 Å². The summed E-state index contributed by atoms with van der Waals surface area (Å²) in [5, 5.41) is 0. The van der Waals surface area contributed by atoms with Crippen molar-refractivity contribution >= 4 is 11.8 Å². The van der Waals surface area contributed by atoms with E-state index in [0.717, 1.165) is 55.4 Å². The van der Waals surface area contributed by atoms with Crippen LogP contribution in [0.25, 0.3) is 0 Å².